The molecule has 9 nitrogen and oxygen atoms in total. The standard InChI is InChI=1S/C15H10BrNO3S.C15H11NO3S.CH4O/c1-7-9(15(19)20)6-10(16)13-12(7)17-14(18)8-4-2-3-5-11(8)21-13;1-8-9(15(18)19)6-7-12-13(8)16-14(17)10-4-2-3-5-11(10)20-12;1-2/h2-6H,1H3,(H,17,18)(H,19,20);2-7H,1H3,(H,16,17)(H,18,19);2H,1H3. The van der Waals surface area contributed by atoms with Crippen LogP contribution in [0.25, 0.3) is 0 Å². The lowest BCUT2D eigenvalue weighted by molar-refractivity contribution is 0.0685. The molecule has 0 aliphatic carbocycles. The third-order valence-electron chi connectivity index (χ3n) is 6.55. The monoisotopic (exact) mass is 680 g/mol. The summed E-state index contributed by atoms with van der Waals surface area (Å²) in [5, 5.41) is 31.1. The zero-order valence-corrected chi connectivity index (χ0v) is 26.2. The fourth-order valence-electron chi connectivity index (χ4n) is 4.43. The van der Waals surface area contributed by atoms with Gasteiger partial charge in [-0.3, -0.25) is 9.59 Å². The van der Waals surface area contributed by atoms with Gasteiger partial charge in [-0.25, -0.2) is 9.59 Å². The third-order valence-corrected chi connectivity index (χ3v) is 9.78. The molecule has 5 N–H and O–H groups in total. The molecule has 0 aromatic heterocycles. The summed E-state index contributed by atoms with van der Waals surface area (Å²) in [5.74, 6) is -2.45. The Morgan fingerprint density at radius 2 is 1.16 bits per heavy atom. The Bertz CT molecular complexity index is 1790. The second-order valence-corrected chi connectivity index (χ2v) is 12.1. The van der Waals surface area contributed by atoms with Crippen LogP contribution in [-0.4, -0.2) is 46.2 Å². The Hall–Kier alpha value is -4.10. The van der Waals surface area contributed by atoms with E-state index in [1.54, 1.807) is 50.2 Å². The maximum atomic E-state index is 12.3. The molecule has 0 atom stereocenters. The van der Waals surface area contributed by atoms with Crippen molar-refractivity contribution in [2.24, 2.45) is 0 Å². The fraction of sp³-hybridized carbons (Fsp3) is 0.0968. The summed E-state index contributed by atoms with van der Waals surface area (Å²) in [5.41, 5.74) is 3.82. The van der Waals surface area contributed by atoms with Gasteiger partial charge in [0, 0.05) is 26.3 Å². The molecule has 2 aliphatic rings. The van der Waals surface area contributed by atoms with E-state index in [0.29, 0.717) is 38.1 Å². The number of hydrogen-bond acceptors (Lipinski definition) is 7. The van der Waals surface area contributed by atoms with Gasteiger partial charge in [0.1, 0.15) is 0 Å². The van der Waals surface area contributed by atoms with E-state index in [1.807, 2.05) is 30.3 Å². The van der Waals surface area contributed by atoms with Crippen LogP contribution in [0.2, 0.25) is 0 Å². The summed E-state index contributed by atoms with van der Waals surface area (Å²) in [6.07, 6.45) is 0. The largest absolute Gasteiger partial charge is 0.478 e. The molecular weight excluding hydrogens is 656 g/mol. The molecule has 43 heavy (non-hydrogen) atoms. The summed E-state index contributed by atoms with van der Waals surface area (Å²) >= 11 is 6.32. The van der Waals surface area contributed by atoms with Crippen LogP contribution in [0.5, 0.6) is 0 Å². The van der Waals surface area contributed by atoms with Gasteiger partial charge in [-0.1, -0.05) is 47.8 Å². The highest BCUT2D eigenvalue weighted by Gasteiger charge is 2.26. The lowest BCUT2D eigenvalue weighted by atomic mass is 10.1. The van der Waals surface area contributed by atoms with Crippen LogP contribution in [0, 0.1) is 13.8 Å². The molecule has 12 heteroatoms. The molecule has 0 saturated heterocycles. The predicted octanol–water partition coefficient (Wildman–Crippen LogP) is 7.19. The van der Waals surface area contributed by atoms with E-state index in [0.717, 1.165) is 26.7 Å². The average Bonchev–Trinajstić information content (AvgIpc) is 3.24. The number of benzene rings is 4. The smallest absolute Gasteiger partial charge is 0.336 e. The molecule has 0 fully saturated rings. The highest BCUT2D eigenvalue weighted by Crippen LogP contribution is 2.45. The topological polar surface area (TPSA) is 153 Å². The van der Waals surface area contributed by atoms with Crippen molar-refractivity contribution in [1.29, 1.82) is 0 Å². The number of aliphatic hydroxyl groups is 1. The minimum absolute atomic E-state index is 0.174. The summed E-state index contributed by atoms with van der Waals surface area (Å²) < 4.78 is 0.655. The van der Waals surface area contributed by atoms with Gasteiger partial charge >= 0.3 is 11.9 Å². The number of carbonyl (C=O) groups is 4. The van der Waals surface area contributed by atoms with Crippen LogP contribution >= 0.6 is 39.5 Å². The summed E-state index contributed by atoms with van der Waals surface area (Å²) in [4.78, 5) is 50.4. The third kappa shape index (κ3) is 6.47. The second-order valence-electron chi connectivity index (χ2n) is 9.06. The number of amides is 2. The van der Waals surface area contributed by atoms with Crippen molar-refractivity contribution in [3.05, 3.63) is 105 Å². The van der Waals surface area contributed by atoms with Crippen LogP contribution in [-0.2, 0) is 0 Å². The van der Waals surface area contributed by atoms with Gasteiger partial charge in [-0.05, 0) is 83.4 Å². The predicted molar refractivity (Wildman–Crippen MR) is 169 cm³/mol. The van der Waals surface area contributed by atoms with Crippen LogP contribution in [0.4, 0.5) is 11.4 Å². The van der Waals surface area contributed by atoms with Gasteiger partial charge in [-0.15, -0.1) is 0 Å². The molecule has 4 aromatic carbocycles. The number of aromatic carboxylic acids is 2. The number of hydrogen-bond donors (Lipinski definition) is 5. The summed E-state index contributed by atoms with van der Waals surface area (Å²) in [6.45, 7) is 3.41. The van der Waals surface area contributed by atoms with E-state index in [-0.39, 0.29) is 22.9 Å². The van der Waals surface area contributed by atoms with E-state index in [2.05, 4.69) is 26.6 Å². The molecule has 0 radical (unpaired) electrons. The summed E-state index contributed by atoms with van der Waals surface area (Å²) in [6, 6.07) is 19.5. The quantitative estimate of drug-likeness (QED) is 0.148. The molecule has 0 bridgehead atoms. The van der Waals surface area contributed by atoms with Gasteiger partial charge in [-0.2, -0.15) is 0 Å². The maximum absolute atomic E-state index is 12.3. The zero-order valence-electron chi connectivity index (χ0n) is 23.0. The van der Waals surface area contributed by atoms with Crippen LogP contribution in [0.3, 0.4) is 0 Å². The molecule has 2 amide bonds. The van der Waals surface area contributed by atoms with Crippen LogP contribution < -0.4 is 10.6 Å². The molecule has 2 heterocycles. The molecule has 4 aromatic rings. The molecule has 2 aliphatic heterocycles. The van der Waals surface area contributed by atoms with Gasteiger partial charge in [0.25, 0.3) is 11.8 Å². The van der Waals surface area contributed by atoms with Crippen molar-refractivity contribution >= 4 is 74.6 Å². The summed E-state index contributed by atoms with van der Waals surface area (Å²) in [7, 11) is 1.00. The lowest BCUT2D eigenvalue weighted by Gasteiger charge is -2.14. The van der Waals surface area contributed by atoms with E-state index in [4.69, 9.17) is 10.2 Å². The van der Waals surface area contributed by atoms with Gasteiger partial charge in [0.15, 0.2) is 0 Å². The minimum Gasteiger partial charge on any atom is -0.478 e. The number of fused-ring (bicyclic) bond motifs is 4. The maximum Gasteiger partial charge on any atom is 0.336 e. The Labute approximate surface area is 263 Å². The number of rotatable bonds is 2. The van der Waals surface area contributed by atoms with E-state index in [1.165, 1.54) is 23.5 Å². The number of carbonyl (C=O) groups excluding carboxylic acids is 2. The molecule has 0 saturated carbocycles. The first-order valence-electron chi connectivity index (χ1n) is 12.6. The van der Waals surface area contributed by atoms with Crippen molar-refractivity contribution in [2.45, 2.75) is 33.4 Å². The van der Waals surface area contributed by atoms with Crippen molar-refractivity contribution in [1.82, 2.24) is 0 Å². The first-order chi connectivity index (χ1) is 20.6. The lowest BCUT2D eigenvalue weighted by Crippen LogP contribution is -2.14. The van der Waals surface area contributed by atoms with Crippen molar-refractivity contribution in [3.63, 3.8) is 0 Å². The first kappa shape index (κ1) is 31.8. The average molecular weight is 682 g/mol. The van der Waals surface area contributed by atoms with Gasteiger partial charge in [0.05, 0.1) is 38.5 Å². The zero-order chi connectivity index (χ0) is 31.4. The second kappa shape index (κ2) is 13.5. The number of aliphatic hydroxyl groups excluding tert-OH is 1. The molecular formula is C31H25BrN2O7S2. The molecule has 6 rings (SSSR count). The van der Waals surface area contributed by atoms with Crippen molar-refractivity contribution in [3.8, 4) is 0 Å². The Morgan fingerprint density at radius 1 is 0.674 bits per heavy atom. The number of nitrogens with one attached hydrogen (secondary N) is 2. The van der Waals surface area contributed by atoms with Crippen LogP contribution in [0.15, 0.2) is 90.8 Å². The van der Waals surface area contributed by atoms with Crippen molar-refractivity contribution < 1.29 is 34.5 Å². The van der Waals surface area contributed by atoms with Crippen LogP contribution in [0.1, 0.15) is 52.6 Å². The van der Waals surface area contributed by atoms with E-state index < -0.39 is 11.9 Å². The van der Waals surface area contributed by atoms with E-state index >= 15 is 0 Å². The highest BCUT2D eigenvalue weighted by atomic mass is 79.9. The highest BCUT2D eigenvalue weighted by molar-refractivity contribution is 9.10. The normalized spacial score (nSPS) is 12.5. The minimum atomic E-state index is -1.02. The molecule has 0 unspecified atom stereocenters. The first-order valence-corrected chi connectivity index (χ1v) is 15.0. The van der Waals surface area contributed by atoms with Gasteiger partial charge < -0.3 is 26.0 Å². The van der Waals surface area contributed by atoms with Gasteiger partial charge in [0.2, 0.25) is 0 Å². The number of carboxylic acids is 2. The number of halogens is 1. The Balaban J connectivity index is 0.000000186. The Kier molecular flexibility index (Phi) is 9.97. The molecule has 220 valence electrons. The molecule has 0 spiro atoms. The number of anilines is 2. The van der Waals surface area contributed by atoms with E-state index in [9.17, 15) is 24.3 Å². The Morgan fingerprint density at radius 3 is 1.72 bits per heavy atom. The number of carboxylic acid groups (broad SMARTS) is 2. The SMILES string of the molecule is CO.Cc1c(C(=O)O)cc(Br)c2c1NC(=O)c1ccccc1S2.Cc1c(C(=O)O)ccc2c1NC(=O)c1ccccc1S2. The fourth-order valence-corrected chi connectivity index (χ4v) is 7.30. The van der Waals surface area contributed by atoms with Crippen molar-refractivity contribution in [2.75, 3.05) is 17.7 Å².